The lowest BCUT2D eigenvalue weighted by molar-refractivity contribution is 0.163. The summed E-state index contributed by atoms with van der Waals surface area (Å²) in [6.07, 6.45) is 1.73. The molecule has 0 unspecified atom stereocenters. The quantitative estimate of drug-likeness (QED) is 0.643. The number of nitrogens with zero attached hydrogens (tertiary/aromatic N) is 4. The molecule has 0 aromatic carbocycles. The van der Waals surface area contributed by atoms with Crippen molar-refractivity contribution >= 4 is 22.8 Å². The minimum Gasteiger partial charge on any atom is -0.383 e. The Kier molecular flexibility index (Phi) is 5.08. The lowest BCUT2D eigenvalue weighted by Crippen LogP contribution is -2.28. The largest absolute Gasteiger partial charge is 0.383 e. The molecule has 2 heterocycles. The summed E-state index contributed by atoms with van der Waals surface area (Å²) < 4.78 is 5.05. The van der Waals surface area contributed by atoms with Crippen LogP contribution in [0.15, 0.2) is 6.20 Å². The Bertz CT molecular complexity index is 542. The predicted molar refractivity (Wildman–Crippen MR) is 79.1 cm³/mol. The second-order valence-electron chi connectivity index (χ2n) is 4.50. The average molecular weight is 279 g/mol. The first kappa shape index (κ1) is 14.5. The minimum absolute atomic E-state index is 0.567. The van der Waals surface area contributed by atoms with Crippen molar-refractivity contribution in [2.75, 3.05) is 58.1 Å². The van der Waals surface area contributed by atoms with Crippen molar-refractivity contribution in [2.24, 2.45) is 0 Å². The van der Waals surface area contributed by atoms with Crippen LogP contribution in [-0.2, 0) is 4.74 Å². The number of likely N-dealkylation sites (N-methyl/N-ethyl adjacent to an activating group) is 1. The molecule has 0 amide bonds. The van der Waals surface area contributed by atoms with Gasteiger partial charge in [0.05, 0.1) is 18.2 Å². The highest BCUT2D eigenvalue weighted by Crippen LogP contribution is 2.19. The van der Waals surface area contributed by atoms with Gasteiger partial charge < -0.3 is 20.3 Å². The summed E-state index contributed by atoms with van der Waals surface area (Å²) in [6.45, 7) is 3.34. The fraction of sp³-hybridized carbons (Fsp3) is 0.583. The van der Waals surface area contributed by atoms with Crippen LogP contribution >= 0.6 is 0 Å². The molecule has 8 heteroatoms. The summed E-state index contributed by atoms with van der Waals surface area (Å²) in [7, 11) is 5.56. The second kappa shape index (κ2) is 7.01. The Balaban J connectivity index is 1.96. The summed E-state index contributed by atoms with van der Waals surface area (Å²) in [5, 5.41) is 14.0. The summed E-state index contributed by atoms with van der Waals surface area (Å²) in [4.78, 5) is 10.9. The van der Waals surface area contributed by atoms with Gasteiger partial charge in [-0.15, -0.1) is 0 Å². The fourth-order valence-electron chi connectivity index (χ4n) is 1.81. The number of H-pyrrole nitrogens is 1. The third-order valence-electron chi connectivity index (χ3n) is 3.00. The molecule has 0 radical (unpaired) electrons. The highest BCUT2D eigenvalue weighted by atomic mass is 16.5. The van der Waals surface area contributed by atoms with Gasteiger partial charge in [-0.2, -0.15) is 15.1 Å². The molecule has 0 fully saturated rings. The number of ether oxygens (including phenoxy) is 1. The first-order valence-electron chi connectivity index (χ1n) is 6.55. The van der Waals surface area contributed by atoms with E-state index in [4.69, 9.17) is 4.74 Å². The standard InChI is InChI=1S/C12H21N7O/c1-13-12-16-10(9-8-15-18-11(9)17-12)14-4-5-19(2)6-7-20-3/h8H,4-7H2,1-3H3,(H3,13,14,15,16,17,18). The molecule has 20 heavy (non-hydrogen) atoms. The first-order valence-corrected chi connectivity index (χ1v) is 6.55. The molecule has 0 saturated heterocycles. The maximum atomic E-state index is 5.05. The number of hydrogen-bond donors (Lipinski definition) is 3. The molecule has 2 aromatic heterocycles. The normalized spacial score (nSPS) is 11.2. The summed E-state index contributed by atoms with van der Waals surface area (Å²) in [5.41, 5.74) is 0.722. The van der Waals surface area contributed by atoms with Crippen LogP contribution in [0, 0.1) is 0 Å². The van der Waals surface area contributed by atoms with Gasteiger partial charge in [0.15, 0.2) is 5.65 Å². The van der Waals surface area contributed by atoms with Crippen LogP contribution in [0.3, 0.4) is 0 Å². The smallest absolute Gasteiger partial charge is 0.226 e. The molecule has 3 N–H and O–H groups in total. The van der Waals surface area contributed by atoms with E-state index in [9.17, 15) is 0 Å². The number of hydrogen-bond acceptors (Lipinski definition) is 7. The van der Waals surface area contributed by atoms with E-state index < -0.39 is 0 Å². The number of anilines is 2. The van der Waals surface area contributed by atoms with Crippen LogP contribution in [0.2, 0.25) is 0 Å². The molecule has 0 aliphatic rings. The maximum Gasteiger partial charge on any atom is 0.226 e. The number of rotatable bonds is 8. The first-order chi connectivity index (χ1) is 9.74. The minimum atomic E-state index is 0.567. The van der Waals surface area contributed by atoms with Gasteiger partial charge in [0, 0.05) is 33.8 Å². The van der Waals surface area contributed by atoms with Crippen molar-refractivity contribution in [2.45, 2.75) is 0 Å². The van der Waals surface area contributed by atoms with E-state index in [2.05, 4.69) is 42.7 Å². The number of nitrogens with one attached hydrogen (secondary N) is 3. The SMILES string of the molecule is CNc1nc(NCCN(C)CCOC)c2cn[nH]c2n1. The zero-order valence-electron chi connectivity index (χ0n) is 12.1. The molecular weight excluding hydrogens is 258 g/mol. The van der Waals surface area contributed by atoms with Crippen molar-refractivity contribution in [3.63, 3.8) is 0 Å². The lowest BCUT2D eigenvalue weighted by atomic mass is 10.4. The highest BCUT2D eigenvalue weighted by molar-refractivity contribution is 5.86. The molecule has 0 aliphatic heterocycles. The zero-order valence-corrected chi connectivity index (χ0v) is 12.1. The topological polar surface area (TPSA) is 91.0 Å². The Labute approximate surface area is 117 Å². The van der Waals surface area contributed by atoms with E-state index in [0.717, 1.165) is 43.1 Å². The Morgan fingerprint density at radius 1 is 1.35 bits per heavy atom. The van der Waals surface area contributed by atoms with Crippen LogP contribution in [-0.4, -0.2) is 72.5 Å². The molecule has 2 aromatic rings. The van der Waals surface area contributed by atoms with Crippen molar-refractivity contribution in [1.29, 1.82) is 0 Å². The summed E-state index contributed by atoms with van der Waals surface area (Å²) in [5.74, 6) is 1.35. The predicted octanol–water partition coefficient (Wildman–Crippen LogP) is 0.385. The monoisotopic (exact) mass is 279 g/mol. The zero-order chi connectivity index (χ0) is 14.4. The summed E-state index contributed by atoms with van der Waals surface area (Å²) in [6, 6.07) is 0. The number of aromatic amines is 1. The van der Waals surface area contributed by atoms with Crippen molar-refractivity contribution < 1.29 is 4.74 Å². The van der Waals surface area contributed by atoms with E-state index in [1.807, 2.05) is 0 Å². The fourth-order valence-corrected chi connectivity index (χ4v) is 1.81. The van der Waals surface area contributed by atoms with E-state index in [1.165, 1.54) is 0 Å². The molecule has 0 atom stereocenters. The molecule has 8 nitrogen and oxygen atoms in total. The van der Waals surface area contributed by atoms with Crippen molar-refractivity contribution in [3.05, 3.63) is 6.20 Å². The van der Waals surface area contributed by atoms with E-state index in [-0.39, 0.29) is 0 Å². The summed E-state index contributed by atoms with van der Waals surface area (Å²) >= 11 is 0. The van der Waals surface area contributed by atoms with Gasteiger partial charge in [0.2, 0.25) is 5.95 Å². The van der Waals surface area contributed by atoms with E-state index >= 15 is 0 Å². The van der Waals surface area contributed by atoms with E-state index in [1.54, 1.807) is 20.4 Å². The van der Waals surface area contributed by atoms with Gasteiger partial charge in [-0.05, 0) is 7.05 Å². The third-order valence-corrected chi connectivity index (χ3v) is 3.00. The molecule has 2 rings (SSSR count). The van der Waals surface area contributed by atoms with Crippen LogP contribution < -0.4 is 10.6 Å². The molecule has 110 valence electrons. The van der Waals surface area contributed by atoms with Gasteiger partial charge in [-0.1, -0.05) is 0 Å². The van der Waals surface area contributed by atoms with Gasteiger partial charge in [0.1, 0.15) is 5.82 Å². The van der Waals surface area contributed by atoms with Gasteiger partial charge >= 0.3 is 0 Å². The van der Waals surface area contributed by atoms with Crippen LogP contribution in [0.4, 0.5) is 11.8 Å². The van der Waals surface area contributed by atoms with Gasteiger partial charge in [-0.3, -0.25) is 5.10 Å². The third kappa shape index (κ3) is 3.55. The Morgan fingerprint density at radius 3 is 2.95 bits per heavy atom. The maximum absolute atomic E-state index is 5.05. The molecule has 0 spiro atoms. The number of fused-ring (bicyclic) bond motifs is 1. The van der Waals surface area contributed by atoms with Crippen molar-refractivity contribution in [3.8, 4) is 0 Å². The Hall–Kier alpha value is -1.93. The Morgan fingerprint density at radius 2 is 2.20 bits per heavy atom. The van der Waals surface area contributed by atoms with Gasteiger partial charge in [0.25, 0.3) is 0 Å². The highest BCUT2D eigenvalue weighted by Gasteiger charge is 2.08. The molecular formula is C12H21N7O. The molecule has 0 aliphatic carbocycles. The van der Waals surface area contributed by atoms with Gasteiger partial charge in [-0.25, -0.2) is 0 Å². The number of methoxy groups -OCH3 is 1. The lowest BCUT2D eigenvalue weighted by Gasteiger charge is -2.16. The molecule has 0 bridgehead atoms. The van der Waals surface area contributed by atoms with Crippen molar-refractivity contribution in [1.82, 2.24) is 25.1 Å². The molecule has 0 saturated carbocycles. The van der Waals surface area contributed by atoms with Crippen LogP contribution in [0.1, 0.15) is 0 Å². The number of aromatic nitrogens is 4. The van der Waals surface area contributed by atoms with Crippen LogP contribution in [0.25, 0.3) is 11.0 Å². The average Bonchev–Trinajstić information content (AvgIpc) is 2.93. The van der Waals surface area contributed by atoms with Crippen LogP contribution in [0.5, 0.6) is 0 Å². The second-order valence-corrected chi connectivity index (χ2v) is 4.50. The van der Waals surface area contributed by atoms with E-state index in [0.29, 0.717) is 5.95 Å².